The summed E-state index contributed by atoms with van der Waals surface area (Å²) in [5.74, 6) is 0.596. The predicted octanol–water partition coefficient (Wildman–Crippen LogP) is 5.01. The molecular formula is C29H34N2O3. The molecule has 1 unspecified atom stereocenters. The van der Waals surface area contributed by atoms with E-state index in [0.29, 0.717) is 32.4 Å². The number of carbonyl (C=O) groups excluding carboxylic acids is 2. The second kappa shape index (κ2) is 13.2. The maximum Gasteiger partial charge on any atom is 0.243 e. The van der Waals surface area contributed by atoms with Gasteiger partial charge in [-0.15, -0.1) is 0 Å². The Morgan fingerprint density at radius 1 is 0.824 bits per heavy atom. The molecule has 0 spiro atoms. The van der Waals surface area contributed by atoms with Gasteiger partial charge in [-0.3, -0.25) is 9.59 Å². The Balaban J connectivity index is 1.76. The van der Waals surface area contributed by atoms with Crippen molar-refractivity contribution in [2.45, 2.75) is 51.7 Å². The van der Waals surface area contributed by atoms with E-state index in [4.69, 9.17) is 4.74 Å². The van der Waals surface area contributed by atoms with Crippen molar-refractivity contribution >= 4 is 11.8 Å². The second-order valence-electron chi connectivity index (χ2n) is 8.64. The number of amides is 2. The molecular weight excluding hydrogens is 424 g/mol. The first-order chi connectivity index (χ1) is 16.5. The van der Waals surface area contributed by atoms with Crippen LogP contribution >= 0.6 is 0 Å². The van der Waals surface area contributed by atoms with Crippen LogP contribution in [-0.4, -0.2) is 35.4 Å². The van der Waals surface area contributed by atoms with Crippen LogP contribution in [0.25, 0.3) is 0 Å². The first-order valence-corrected chi connectivity index (χ1v) is 11.9. The van der Waals surface area contributed by atoms with Crippen LogP contribution in [0.4, 0.5) is 0 Å². The van der Waals surface area contributed by atoms with E-state index in [1.54, 1.807) is 4.90 Å². The number of hydrogen-bond donors (Lipinski definition) is 1. The number of para-hydroxylation sites is 1. The van der Waals surface area contributed by atoms with Crippen molar-refractivity contribution < 1.29 is 14.3 Å². The van der Waals surface area contributed by atoms with Gasteiger partial charge < -0.3 is 15.0 Å². The molecule has 178 valence electrons. The Bertz CT molecular complexity index is 1010. The average molecular weight is 459 g/mol. The van der Waals surface area contributed by atoms with E-state index in [0.717, 1.165) is 16.9 Å². The first-order valence-electron chi connectivity index (χ1n) is 11.9. The summed E-state index contributed by atoms with van der Waals surface area (Å²) in [6.45, 7) is 4.68. The van der Waals surface area contributed by atoms with Crippen LogP contribution in [-0.2, 0) is 22.6 Å². The summed E-state index contributed by atoms with van der Waals surface area (Å²) >= 11 is 0. The Morgan fingerprint density at radius 3 is 1.97 bits per heavy atom. The lowest BCUT2D eigenvalue weighted by molar-refractivity contribution is -0.141. The highest BCUT2D eigenvalue weighted by molar-refractivity contribution is 5.88. The summed E-state index contributed by atoms with van der Waals surface area (Å²) in [5.41, 5.74) is 2.01. The summed E-state index contributed by atoms with van der Waals surface area (Å²) in [6.07, 6.45) is 1.33. The number of benzene rings is 3. The first kappa shape index (κ1) is 25.0. The van der Waals surface area contributed by atoms with Crippen molar-refractivity contribution in [2.24, 2.45) is 0 Å². The zero-order valence-electron chi connectivity index (χ0n) is 20.0. The van der Waals surface area contributed by atoms with Crippen LogP contribution in [0.15, 0.2) is 91.0 Å². The highest BCUT2D eigenvalue weighted by Gasteiger charge is 2.30. The van der Waals surface area contributed by atoms with Crippen molar-refractivity contribution in [3.05, 3.63) is 102 Å². The van der Waals surface area contributed by atoms with E-state index >= 15 is 0 Å². The molecule has 3 rings (SSSR count). The smallest absolute Gasteiger partial charge is 0.243 e. The highest BCUT2D eigenvalue weighted by Crippen LogP contribution is 2.17. The molecule has 1 atom stereocenters. The van der Waals surface area contributed by atoms with Crippen LogP contribution in [0.2, 0.25) is 0 Å². The number of rotatable bonds is 12. The minimum absolute atomic E-state index is 0.0151. The average Bonchev–Trinajstić information content (AvgIpc) is 2.85. The zero-order valence-corrected chi connectivity index (χ0v) is 20.0. The van der Waals surface area contributed by atoms with E-state index < -0.39 is 6.04 Å². The highest BCUT2D eigenvalue weighted by atomic mass is 16.5. The fourth-order valence-electron chi connectivity index (χ4n) is 3.79. The minimum atomic E-state index is -0.604. The number of carbonyl (C=O) groups is 2. The molecule has 0 radical (unpaired) electrons. The molecule has 5 nitrogen and oxygen atoms in total. The fraction of sp³-hybridized carbons (Fsp3) is 0.310. The van der Waals surface area contributed by atoms with Gasteiger partial charge in [-0.05, 0) is 43.5 Å². The third-order valence-electron chi connectivity index (χ3n) is 5.44. The molecule has 2 amide bonds. The van der Waals surface area contributed by atoms with Crippen molar-refractivity contribution in [1.29, 1.82) is 0 Å². The van der Waals surface area contributed by atoms with Crippen LogP contribution in [0, 0.1) is 0 Å². The predicted molar refractivity (Wildman–Crippen MR) is 135 cm³/mol. The van der Waals surface area contributed by atoms with Crippen LogP contribution in [0.5, 0.6) is 5.75 Å². The van der Waals surface area contributed by atoms with E-state index in [1.165, 1.54) is 0 Å². The molecule has 0 aliphatic carbocycles. The molecule has 0 fully saturated rings. The van der Waals surface area contributed by atoms with Crippen LogP contribution < -0.4 is 10.1 Å². The minimum Gasteiger partial charge on any atom is -0.494 e. The molecule has 0 saturated carbocycles. The van der Waals surface area contributed by atoms with Gasteiger partial charge in [0, 0.05) is 25.4 Å². The number of nitrogens with zero attached hydrogens (tertiary/aromatic N) is 1. The second-order valence-corrected chi connectivity index (χ2v) is 8.64. The lowest BCUT2D eigenvalue weighted by atomic mass is 10.0. The van der Waals surface area contributed by atoms with Gasteiger partial charge in [0.15, 0.2) is 0 Å². The lowest BCUT2D eigenvalue weighted by Gasteiger charge is -2.32. The van der Waals surface area contributed by atoms with Gasteiger partial charge in [0.05, 0.1) is 6.61 Å². The maximum absolute atomic E-state index is 13.5. The summed E-state index contributed by atoms with van der Waals surface area (Å²) in [4.78, 5) is 28.5. The van der Waals surface area contributed by atoms with Crippen molar-refractivity contribution in [1.82, 2.24) is 10.2 Å². The molecule has 0 heterocycles. The summed E-state index contributed by atoms with van der Waals surface area (Å²) in [6, 6.07) is 28.6. The number of ether oxygens (including phenoxy) is 1. The zero-order chi connectivity index (χ0) is 24.2. The lowest BCUT2D eigenvalue weighted by Crippen LogP contribution is -2.51. The Hall–Kier alpha value is -3.60. The summed E-state index contributed by atoms with van der Waals surface area (Å²) in [7, 11) is 0. The van der Waals surface area contributed by atoms with E-state index in [-0.39, 0.29) is 17.9 Å². The van der Waals surface area contributed by atoms with Gasteiger partial charge in [0.25, 0.3) is 0 Å². The molecule has 3 aromatic rings. The topological polar surface area (TPSA) is 58.6 Å². The molecule has 0 bridgehead atoms. The molecule has 1 N–H and O–H groups in total. The van der Waals surface area contributed by atoms with Gasteiger partial charge in [-0.1, -0.05) is 78.9 Å². The molecule has 0 saturated heterocycles. The maximum atomic E-state index is 13.5. The van der Waals surface area contributed by atoms with Gasteiger partial charge in [-0.25, -0.2) is 0 Å². The largest absolute Gasteiger partial charge is 0.494 e. The normalized spacial score (nSPS) is 11.6. The molecule has 0 aliphatic rings. The Morgan fingerprint density at radius 2 is 1.38 bits per heavy atom. The van der Waals surface area contributed by atoms with Crippen molar-refractivity contribution in [2.75, 3.05) is 6.61 Å². The molecule has 0 aromatic heterocycles. The Labute approximate surface area is 202 Å². The number of nitrogens with one attached hydrogen (secondary N) is 1. The molecule has 5 heteroatoms. The monoisotopic (exact) mass is 458 g/mol. The molecule has 3 aromatic carbocycles. The molecule has 0 aliphatic heterocycles. The standard InChI is InChI=1S/C29H34N2O3/c1-23(2)30-29(33)27(21-24-13-6-3-7-14-24)31(22-25-15-8-4-9-16-25)28(32)19-12-20-34-26-17-10-5-11-18-26/h3-11,13-18,23,27H,12,19-22H2,1-2H3,(H,30,33). The third kappa shape index (κ3) is 8.07. The van der Waals surface area contributed by atoms with E-state index in [9.17, 15) is 9.59 Å². The van der Waals surface area contributed by atoms with Gasteiger partial charge in [0.2, 0.25) is 11.8 Å². The van der Waals surface area contributed by atoms with Gasteiger partial charge in [-0.2, -0.15) is 0 Å². The summed E-state index contributed by atoms with van der Waals surface area (Å²) < 4.78 is 5.76. The molecule has 34 heavy (non-hydrogen) atoms. The quantitative estimate of drug-likeness (QED) is 0.388. The van der Waals surface area contributed by atoms with Gasteiger partial charge >= 0.3 is 0 Å². The number of hydrogen-bond acceptors (Lipinski definition) is 3. The fourth-order valence-corrected chi connectivity index (χ4v) is 3.79. The van der Waals surface area contributed by atoms with Crippen molar-refractivity contribution in [3.63, 3.8) is 0 Å². The Kier molecular flexibility index (Phi) is 9.71. The van der Waals surface area contributed by atoms with Gasteiger partial charge in [0.1, 0.15) is 11.8 Å². The van der Waals surface area contributed by atoms with Crippen LogP contribution in [0.3, 0.4) is 0 Å². The SMILES string of the molecule is CC(C)NC(=O)C(Cc1ccccc1)N(Cc1ccccc1)C(=O)CCCOc1ccccc1. The van der Waals surface area contributed by atoms with E-state index in [1.807, 2.05) is 105 Å². The van der Waals surface area contributed by atoms with Crippen LogP contribution in [0.1, 0.15) is 37.8 Å². The summed E-state index contributed by atoms with van der Waals surface area (Å²) in [5, 5.41) is 3.02. The third-order valence-corrected chi connectivity index (χ3v) is 5.44. The van der Waals surface area contributed by atoms with Crippen molar-refractivity contribution in [3.8, 4) is 5.75 Å². The van der Waals surface area contributed by atoms with E-state index in [2.05, 4.69) is 5.32 Å².